The van der Waals surface area contributed by atoms with Crippen molar-refractivity contribution in [2.24, 2.45) is 5.92 Å². The van der Waals surface area contributed by atoms with Crippen LogP contribution in [0.3, 0.4) is 0 Å². The number of carbonyl (C=O) groups is 1. The highest BCUT2D eigenvalue weighted by Crippen LogP contribution is 2.31. The molecule has 6 nitrogen and oxygen atoms in total. The van der Waals surface area contributed by atoms with E-state index < -0.39 is 0 Å². The van der Waals surface area contributed by atoms with E-state index in [-0.39, 0.29) is 0 Å². The highest BCUT2D eigenvalue weighted by Gasteiger charge is 2.34. The number of aromatic nitrogens is 3. The first-order valence-electron chi connectivity index (χ1n) is 7.15. The van der Waals surface area contributed by atoms with E-state index in [4.69, 9.17) is 0 Å². The molecule has 1 amide bonds. The first kappa shape index (κ1) is 11.7. The monoisotopic (exact) mass is 271 g/mol. The second kappa shape index (κ2) is 4.47. The lowest BCUT2D eigenvalue weighted by molar-refractivity contribution is -0.132. The summed E-state index contributed by atoms with van der Waals surface area (Å²) in [5, 5.41) is 4.32. The first-order chi connectivity index (χ1) is 9.83. The van der Waals surface area contributed by atoms with Crippen LogP contribution in [0.25, 0.3) is 5.65 Å². The van der Waals surface area contributed by atoms with E-state index >= 15 is 0 Å². The molecule has 1 aliphatic heterocycles. The molecular formula is C14H17N5O. The maximum atomic E-state index is 12.1. The van der Waals surface area contributed by atoms with Crippen LogP contribution in [0, 0.1) is 5.92 Å². The fourth-order valence-electron chi connectivity index (χ4n) is 2.81. The van der Waals surface area contributed by atoms with E-state index in [0.29, 0.717) is 11.8 Å². The average molecular weight is 271 g/mol. The smallest absolute Gasteiger partial charge is 0.225 e. The van der Waals surface area contributed by atoms with Crippen molar-refractivity contribution in [1.29, 1.82) is 0 Å². The Morgan fingerprint density at radius 3 is 2.65 bits per heavy atom. The van der Waals surface area contributed by atoms with E-state index in [1.54, 1.807) is 6.20 Å². The largest absolute Gasteiger partial charge is 0.353 e. The Balaban J connectivity index is 1.51. The van der Waals surface area contributed by atoms with Crippen LogP contribution in [-0.4, -0.2) is 51.6 Å². The van der Waals surface area contributed by atoms with Gasteiger partial charge in [-0.3, -0.25) is 4.79 Å². The molecule has 1 saturated heterocycles. The third kappa shape index (κ3) is 1.92. The fraction of sp³-hybridized carbons (Fsp3) is 0.500. The van der Waals surface area contributed by atoms with Gasteiger partial charge in [-0.2, -0.15) is 9.61 Å². The van der Waals surface area contributed by atoms with Gasteiger partial charge >= 0.3 is 0 Å². The van der Waals surface area contributed by atoms with Crippen LogP contribution in [0.15, 0.2) is 24.5 Å². The molecule has 0 spiro atoms. The summed E-state index contributed by atoms with van der Waals surface area (Å²) < 4.78 is 1.86. The summed E-state index contributed by atoms with van der Waals surface area (Å²) in [4.78, 5) is 20.6. The standard InChI is InChI=1S/C14H17N5O/c20-14(11-1-2-11)18-9-7-17(8-10-18)13-4-5-15-12-3-6-16-19(12)13/h3-6,11H,1-2,7-10H2. The maximum absolute atomic E-state index is 12.1. The summed E-state index contributed by atoms with van der Waals surface area (Å²) in [6.45, 7) is 3.33. The van der Waals surface area contributed by atoms with Crippen molar-refractivity contribution in [2.45, 2.75) is 12.8 Å². The minimum Gasteiger partial charge on any atom is -0.353 e. The number of hydrogen-bond acceptors (Lipinski definition) is 4. The van der Waals surface area contributed by atoms with E-state index in [2.05, 4.69) is 15.0 Å². The minimum absolute atomic E-state index is 0.320. The SMILES string of the molecule is O=C(C1CC1)N1CCN(c2ccnc3ccnn23)CC1. The summed E-state index contributed by atoms with van der Waals surface area (Å²) in [6.07, 6.45) is 5.74. The second-order valence-electron chi connectivity index (χ2n) is 5.49. The van der Waals surface area contributed by atoms with Gasteiger partial charge < -0.3 is 9.80 Å². The van der Waals surface area contributed by atoms with Gasteiger partial charge in [-0.15, -0.1) is 0 Å². The van der Waals surface area contributed by atoms with Crippen molar-refractivity contribution >= 4 is 17.4 Å². The lowest BCUT2D eigenvalue weighted by Crippen LogP contribution is -2.49. The van der Waals surface area contributed by atoms with Crippen LogP contribution in [0.5, 0.6) is 0 Å². The van der Waals surface area contributed by atoms with E-state index in [0.717, 1.165) is 50.5 Å². The minimum atomic E-state index is 0.320. The van der Waals surface area contributed by atoms with Gasteiger partial charge in [-0.1, -0.05) is 0 Å². The average Bonchev–Trinajstić information content (AvgIpc) is 3.23. The van der Waals surface area contributed by atoms with Gasteiger partial charge in [-0.05, 0) is 18.9 Å². The van der Waals surface area contributed by atoms with Crippen LogP contribution < -0.4 is 4.90 Å². The van der Waals surface area contributed by atoms with Gasteiger partial charge in [0.15, 0.2) is 5.65 Å². The molecule has 6 heteroatoms. The molecule has 0 atom stereocenters. The number of rotatable bonds is 2. The van der Waals surface area contributed by atoms with Crippen LogP contribution in [-0.2, 0) is 4.79 Å². The quantitative estimate of drug-likeness (QED) is 0.810. The molecule has 0 unspecified atom stereocenters. The van der Waals surface area contributed by atoms with E-state index in [1.165, 1.54) is 0 Å². The number of carbonyl (C=O) groups excluding carboxylic acids is 1. The second-order valence-corrected chi connectivity index (χ2v) is 5.49. The summed E-state index contributed by atoms with van der Waals surface area (Å²) >= 11 is 0. The summed E-state index contributed by atoms with van der Waals surface area (Å²) in [5.41, 5.74) is 0.860. The molecule has 104 valence electrons. The van der Waals surface area contributed by atoms with Gasteiger partial charge in [0.05, 0.1) is 6.20 Å². The summed E-state index contributed by atoms with van der Waals surface area (Å²) in [7, 11) is 0. The molecule has 2 aromatic heterocycles. The van der Waals surface area contributed by atoms with Gasteiger partial charge in [0.1, 0.15) is 5.82 Å². The molecule has 1 saturated carbocycles. The number of nitrogens with zero attached hydrogens (tertiary/aromatic N) is 5. The molecule has 3 heterocycles. The number of anilines is 1. The zero-order valence-corrected chi connectivity index (χ0v) is 11.3. The Morgan fingerprint density at radius 1 is 1.10 bits per heavy atom. The van der Waals surface area contributed by atoms with Gasteiger partial charge in [0, 0.05) is 44.4 Å². The lowest BCUT2D eigenvalue weighted by atomic mass is 10.2. The molecule has 2 fully saturated rings. The third-order valence-corrected chi connectivity index (χ3v) is 4.11. The van der Waals surface area contributed by atoms with Gasteiger partial charge in [0.25, 0.3) is 0 Å². The van der Waals surface area contributed by atoms with Crippen molar-refractivity contribution in [3.8, 4) is 0 Å². The summed E-state index contributed by atoms with van der Waals surface area (Å²) in [5.74, 6) is 1.72. The van der Waals surface area contributed by atoms with Crippen molar-refractivity contribution in [3.05, 3.63) is 24.5 Å². The van der Waals surface area contributed by atoms with Gasteiger partial charge in [-0.25, -0.2) is 4.98 Å². The number of fused-ring (bicyclic) bond motifs is 1. The topological polar surface area (TPSA) is 53.7 Å². The summed E-state index contributed by atoms with van der Waals surface area (Å²) in [6, 6.07) is 3.88. The Morgan fingerprint density at radius 2 is 1.90 bits per heavy atom. The van der Waals surface area contributed by atoms with Crippen molar-refractivity contribution < 1.29 is 4.79 Å². The van der Waals surface area contributed by atoms with Crippen LogP contribution in [0.1, 0.15) is 12.8 Å². The molecule has 1 aliphatic carbocycles. The molecule has 0 aromatic carbocycles. The number of piperazine rings is 1. The highest BCUT2D eigenvalue weighted by atomic mass is 16.2. The van der Waals surface area contributed by atoms with E-state index in [9.17, 15) is 4.79 Å². The Hall–Kier alpha value is -2.11. The fourth-order valence-corrected chi connectivity index (χ4v) is 2.81. The molecule has 20 heavy (non-hydrogen) atoms. The Bertz CT molecular complexity index is 640. The zero-order valence-electron chi connectivity index (χ0n) is 11.3. The normalized spacial score (nSPS) is 19.6. The molecule has 0 radical (unpaired) electrons. The molecule has 0 bridgehead atoms. The van der Waals surface area contributed by atoms with Crippen molar-refractivity contribution in [3.63, 3.8) is 0 Å². The van der Waals surface area contributed by atoms with Crippen molar-refractivity contribution in [1.82, 2.24) is 19.5 Å². The Labute approximate surface area is 117 Å². The predicted molar refractivity (Wildman–Crippen MR) is 74.5 cm³/mol. The Kier molecular flexibility index (Phi) is 2.61. The molecular weight excluding hydrogens is 254 g/mol. The molecule has 2 aliphatic rings. The maximum Gasteiger partial charge on any atom is 0.225 e. The molecule has 0 N–H and O–H groups in total. The van der Waals surface area contributed by atoms with Gasteiger partial charge in [0.2, 0.25) is 5.91 Å². The molecule has 2 aromatic rings. The van der Waals surface area contributed by atoms with Crippen LogP contribution in [0.4, 0.5) is 5.82 Å². The van der Waals surface area contributed by atoms with Crippen molar-refractivity contribution in [2.75, 3.05) is 31.1 Å². The third-order valence-electron chi connectivity index (χ3n) is 4.11. The zero-order chi connectivity index (χ0) is 13.5. The van der Waals surface area contributed by atoms with E-state index in [1.807, 2.05) is 27.7 Å². The number of hydrogen-bond donors (Lipinski definition) is 0. The first-order valence-corrected chi connectivity index (χ1v) is 7.15. The highest BCUT2D eigenvalue weighted by molar-refractivity contribution is 5.81. The lowest BCUT2D eigenvalue weighted by Gasteiger charge is -2.36. The predicted octanol–water partition coefficient (Wildman–Crippen LogP) is 0.788. The number of amides is 1. The molecule has 4 rings (SSSR count). The van der Waals surface area contributed by atoms with Crippen LogP contribution in [0.2, 0.25) is 0 Å². The van der Waals surface area contributed by atoms with Crippen LogP contribution >= 0.6 is 0 Å².